The van der Waals surface area contributed by atoms with Gasteiger partial charge in [-0.1, -0.05) is 11.3 Å². The molecule has 1 N–H and O–H groups in total. The number of aryl methyl sites for hydroxylation is 2. The second kappa shape index (κ2) is 8.64. The Bertz CT molecular complexity index is 722. The van der Waals surface area contributed by atoms with E-state index in [1.54, 1.807) is 18.4 Å². The Morgan fingerprint density at radius 1 is 1.31 bits per heavy atom. The molecule has 0 radical (unpaired) electrons. The third-order valence-corrected chi connectivity index (χ3v) is 5.72. The van der Waals surface area contributed by atoms with Crippen molar-refractivity contribution in [2.45, 2.75) is 33.1 Å². The van der Waals surface area contributed by atoms with Gasteiger partial charge in [0.15, 0.2) is 0 Å². The van der Waals surface area contributed by atoms with Gasteiger partial charge in [-0.3, -0.25) is 9.36 Å². The predicted molar refractivity (Wildman–Crippen MR) is 103 cm³/mol. The van der Waals surface area contributed by atoms with Gasteiger partial charge in [-0.2, -0.15) is 0 Å². The van der Waals surface area contributed by atoms with Crippen LogP contribution < -0.4 is 10.2 Å². The molecule has 1 amide bonds. The van der Waals surface area contributed by atoms with Crippen molar-refractivity contribution in [3.8, 4) is 5.13 Å². The summed E-state index contributed by atoms with van der Waals surface area (Å²) >= 11 is 1.58. The van der Waals surface area contributed by atoms with Crippen LogP contribution in [0.15, 0.2) is 12.1 Å². The number of amides is 1. The molecule has 7 nitrogen and oxygen atoms in total. The molecule has 0 aliphatic carbocycles. The summed E-state index contributed by atoms with van der Waals surface area (Å²) in [6.07, 6.45) is 2.76. The van der Waals surface area contributed by atoms with Gasteiger partial charge in [-0.05, 0) is 45.2 Å². The van der Waals surface area contributed by atoms with Gasteiger partial charge in [0.25, 0.3) is 0 Å². The van der Waals surface area contributed by atoms with E-state index in [0.29, 0.717) is 19.7 Å². The van der Waals surface area contributed by atoms with Crippen molar-refractivity contribution in [3.63, 3.8) is 0 Å². The summed E-state index contributed by atoms with van der Waals surface area (Å²) in [5.41, 5.74) is 2.30. The molecule has 1 unspecified atom stereocenters. The minimum Gasteiger partial charge on any atom is -0.385 e. The number of nitrogens with one attached hydrogen (secondary N) is 1. The van der Waals surface area contributed by atoms with E-state index in [-0.39, 0.29) is 11.8 Å². The van der Waals surface area contributed by atoms with E-state index in [4.69, 9.17) is 4.74 Å². The number of hydrogen-bond donors (Lipinski definition) is 1. The molecule has 1 aliphatic rings. The van der Waals surface area contributed by atoms with Gasteiger partial charge in [0.1, 0.15) is 0 Å². The first-order valence-corrected chi connectivity index (χ1v) is 9.92. The summed E-state index contributed by atoms with van der Waals surface area (Å²) in [4.78, 5) is 14.6. The number of aromatic nitrogens is 3. The largest absolute Gasteiger partial charge is 0.385 e. The highest BCUT2D eigenvalue weighted by Crippen LogP contribution is 2.29. The van der Waals surface area contributed by atoms with Crippen LogP contribution in [0.2, 0.25) is 0 Å². The van der Waals surface area contributed by atoms with E-state index in [9.17, 15) is 4.79 Å². The lowest BCUT2D eigenvalue weighted by molar-refractivity contribution is -0.125. The van der Waals surface area contributed by atoms with Crippen molar-refractivity contribution >= 4 is 22.4 Å². The van der Waals surface area contributed by atoms with E-state index >= 15 is 0 Å². The maximum atomic E-state index is 12.4. The number of methoxy groups -OCH3 is 1. The third kappa shape index (κ3) is 4.24. The second-order valence-electron chi connectivity index (χ2n) is 6.74. The van der Waals surface area contributed by atoms with Crippen molar-refractivity contribution in [1.82, 2.24) is 20.1 Å². The fraction of sp³-hybridized carbons (Fsp3) is 0.611. The number of hydrogen-bond acceptors (Lipinski definition) is 6. The number of rotatable bonds is 7. The van der Waals surface area contributed by atoms with Crippen LogP contribution in [0.4, 0.5) is 5.13 Å². The van der Waals surface area contributed by atoms with Crippen molar-refractivity contribution in [2.24, 2.45) is 5.92 Å². The molecule has 0 aromatic carbocycles. The average Bonchev–Trinajstić information content (AvgIpc) is 3.25. The Balaban J connectivity index is 1.62. The maximum Gasteiger partial charge on any atom is 0.224 e. The Kier molecular flexibility index (Phi) is 6.26. The Morgan fingerprint density at radius 3 is 2.77 bits per heavy atom. The topological polar surface area (TPSA) is 72.3 Å². The molecule has 2 aromatic heterocycles. The highest BCUT2D eigenvalue weighted by Gasteiger charge is 2.27. The first-order chi connectivity index (χ1) is 12.6. The first-order valence-electron chi connectivity index (χ1n) is 9.10. The SMILES string of the molecule is COCCCNC(=O)C1CCCN(c2nnc(-n3c(C)ccc3C)s2)C1. The Morgan fingerprint density at radius 2 is 2.04 bits per heavy atom. The van der Waals surface area contributed by atoms with Gasteiger partial charge < -0.3 is 15.0 Å². The van der Waals surface area contributed by atoms with Crippen LogP contribution in [-0.4, -0.2) is 54.0 Å². The number of nitrogens with zero attached hydrogens (tertiary/aromatic N) is 4. The van der Waals surface area contributed by atoms with Gasteiger partial charge >= 0.3 is 0 Å². The van der Waals surface area contributed by atoms with Crippen molar-refractivity contribution in [3.05, 3.63) is 23.5 Å². The lowest BCUT2D eigenvalue weighted by atomic mass is 9.97. The molecular weight excluding hydrogens is 350 g/mol. The van der Waals surface area contributed by atoms with Crippen LogP contribution in [0.1, 0.15) is 30.7 Å². The highest BCUT2D eigenvalue weighted by molar-refractivity contribution is 7.17. The molecule has 0 bridgehead atoms. The zero-order chi connectivity index (χ0) is 18.5. The highest BCUT2D eigenvalue weighted by atomic mass is 32.1. The molecular formula is C18H27N5O2S. The minimum atomic E-state index is 0.00805. The third-order valence-electron chi connectivity index (χ3n) is 4.75. The Labute approximate surface area is 158 Å². The molecule has 1 saturated heterocycles. The summed E-state index contributed by atoms with van der Waals surface area (Å²) in [5, 5.41) is 13.5. The number of anilines is 1. The molecule has 3 rings (SSSR count). The first kappa shape index (κ1) is 18.8. The molecule has 1 aliphatic heterocycles. The quantitative estimate of drug-likeness (QED) is 0.750. The van der Waals surface area contributed by atoms with E-state index in [1.165, 1.54) is 0 Å². The molecule has 142 valence electrons. The minimum absolute atomic E-state index is 0.00805. The zero-order valence-electron chi connectivity index (χ0n) is 15.7. The van der Waals surface area contributed by atoms with E-state index in [0.717, 1.165) is 47.5 Å². The molecule has 1 fully saturated rings. The van der Waals surface area contributed by atoms with E-state index in [1.807, 2.05) is 0 Å². The molecule has 26 heavy (non-hydrogen) atoms. The van der Waals surface area contributed by atoms with Crippen molar-refractivity contribution in [1.29, 1.82) is 0 Å². The molecule has 8 heteroatoms. The summed E-state index contributed by atoms with van der Waals surface area (Å²) in [5.74, 6) is 0.140. The van der Waals surface area contributed by atoms with Gasteiger partial charge in [-0.15, -0.1) is 10.2 Å². The predicted octanol–water partition coefficient (Wildman–Crippen LogP) is 2.31. The maximum absolute atomic E-state index is 12.4. The fourth-order valence-electron chi connectivity index (χ4n) is 3.33. The van der Waals surface area contributed by atoms with Gasteiger partial charge in [0.05, 0.1) is 5.92 Å². The van der Waals surface area contributed by atoms with Crippen LogP contribution in [0.25, 0.3) is 5.13 Å². The van der Waals surface area contributed by atoms with Crippen molar-refractivity contribution < 1.29 is 9.53 Å². The van der Waals surface area contributed by atoms with Crippen LogP contribution in [0.3, 0.4) is 0 Å². The smallest absolute Gasteiger partial charge is 0.224 e. The summed E-state index contributed by atoms with van der Waals surface area (Å²) < 4.78 is 7.13. The van der Waals surface area contributed by atoms with Gasteiger partial charge in [-0.25, -0.2) is 0 Å². The van der Waals surface area contributed by atoms with Crippen LogP contribution in [0, 0.1) is 19.8 Å². The van der Waals surface area contributed by atoms with Crippen LogP contribution in [-0.2, 0) is 9.53 Å². The number of ether oxygens (including phenoxy) is 1. The summed E-state index contributed by atoms with van der Waals surface area (Å²) in [7, 11) is 1.67. The molecule has 2 aromatic rings. The normalized spacial score (nSPS) is 17.5. The summed E-state index contributed by atoms with van der Waals surface area (Å²) in [6.45, 7) is 7.10. The number of carbonyl (C=O) groups is 1. The average molecular weight is 378 g/mol. The van der Waals surface area contributed by atoms with Crippen LogP contribution >= 0.6 is 11.3 Å². The molecule has 3 heterocycles. The number of carbonyl (C=O) groups excluding carboxylic acids is 1. The zero-order valence-corrected chi connectivity index (χ0v) is 16.5. The monoisotopic (exact) mass is 377 g/mol. The van der Waals surface area contributed by atoms with E-state index in [2.05, 4.69) is 51.0 Å². The van der Waals surface area contributed by atoms with Crippen molar-refractivity contribution in [2.75, 3.05) is 38.3 Å². The summed E-state index contributed by atoms with van der Waals surface area (Å²) in [6, 6.07) is 4.17. The molecule has 0 saturated carbocycles. The second-order valence-corrected chi connectivity index (χ2v) is 7.68. The van der Waals surface area contributed by atoms with Gasteiger partial charge in [0, 0.05) is 44.7 Å². The molecule has 0 spiro atoms. The van der Waals surface area contributed by atoms with Gasteiger partial charge in [0.2, 0.25) is 16.2 Å². The van der Waals surface area contributed by atoms with E-state index < -0.39 is 0 Å². The fourth-order valence-corrected chi connectivity index (χ4v) is 4.33. The lowest BCUT2D eigenvalue weighted by Gasteiger charge is -2.31. The standard InChI is InChI=1S/C18H27N5O2S/c1-13-7-8-14(2)23(13)18-21-20-17(26-18)22-10-4-6-15(12-22)16(24)19-9-5-11-25-3/h7-8,15H,4-6,9-12H2,1-3H3,(H,19,24). The Hall–Kier alpha value is -1.93. The molecule has 1 atom stereocenters. The lowest BCUT2D eigenvalue weighted by Crippen LogP contribution is -2.43. The van der Waals surface area contributed by atoms with Crippen LogP contribution in [0.5, 0.6) is 0 Å². The number of piperidine rings is 1.